The minimum atomic E-state index is -0.301. The molecule has 2 aromatic heterocycles. The molecule has 0 fully saturated rings. The fourth-order valence-electron chi connectivity index (χ4n) is 3.80. The number of aromatic amines is 1. The Balaban J connectivity index is 1.66. The molecule has 33 heavy (non-hydrogen) atoms. The lowest BCUT2D eigenvalue weighted by atomic mass is 10.1. The predicted octanol–water partition coefficient (Wildman–Crippen LogP) is 3.70. The highest BCUT2D eigenvalue weighted by molar-refractivity contribution is 5.95. The molecule has 0 aliphatic carbocycles. The van der Waals surface area contributed by atoms with E-state index in [1.165, 1.54) is 14.2 Å². The smallest absolute Gasteiger partial charge is 0.258 e. The first kappa shape index (κ1) is 22.1. The minimum absolute atomic E-state index is 0.138. The first-order chi connectivity index (χ1) is 15.9. The van der Waals surface area contributed by atoms with Crippen molar-refractivity contribution in [2.75, 3.05) is 20.8 Å². The second-order valence-electron chi connectivity index (χ2n) is 7.65. The van der Waals surface area contributed by atoms with Crippen LogP contribution in [0, 0.1) is 6.92 Å². The number of methoxy groups -OCH3 is 2. The molecular weight excluding hydrogens is 420 g/mol. The molecule has 0 saturated carbocycles. The van der Waals surface area contributed by atoms with Crippen LogP contribution in [0.15, 0.2) is 59.7 Å². The molecule has 4 aromatic rings. The summed E-state index contributed by atoms with van der Waals surface area (Å²) in [5.41, 5.74) is 2.75. The molecule has 0 radical (unpaired) electrons. The summed E-state index contributed by atoms with van der Waals surface area (Å²) in [4.78, 5) is 35.0. The monoisotopic (exact) mass is 446 g/mol. The number of aromatic nitrogens is 3. The van der Waals surface area contributed by atoms with Gasteiger partial charge in [0.05, 0.1) is 31.7 Å². The highest BCUT2D eigenvalue weighted by Crippen LogP contribution is 2.30. The van der Waals surface area contributed by atoms with Gasteiger partial charge in [0, 0.05) is 36.3 Å². The maximum Gasteiger partial charge on any atom is 0.258 e. The molecule has 0 aliphatic rings. The van der Waals surface area contributed by atoms with Crippen molar-refractivity contribution in [3.8, 4) is 17.2 Å². The van der Waals surface area contributed by atoms with Gasteiger partial charge in [-0.1, -0.05) is 6.07 Å². The zero-order chi connectivity index (χ0) is 23.5. The van der Waals surface area contributed by atoms with Crippen LogP contribution in [-0.2, 0) is 6.54 Å². The van der Waals surface area contributed by atoms with Gasteiger partial charge < -0.3 is 23.9 Å². The molecule has 1 amide bonds. The van der Waals surface area contributed by atoms with Crippen molar-refractivity contribution >= 4 is 16.8 Å². The highest BCUT2D eigenvalue weighted by atomic mass is 16.5. The molecule has 1 N–H and O–H groups in total. The zero-order valence-electron chi connectivity index (χ0n) is 19.1. The van der Waals surface area contributed by atoms with Gasteiger partial charge in [-0.15, -0.1) is 0 Å². The summed E-state index contributed by atoms with van der Waals surface area (Å²) >= 11 is 0. The number of carbonyl (C=O) groups excluding carboxylic acids is 1. The van der Waals surface area contributed by atoms with Crippen LogP contribution in [-0.4, -0.2) is 46.1 Å². The molecule has 2 heterocycles. The van der Waals surface area contributed by atoms with E-state index in [2.05, 4.69) is 9.97 Å². The number of carbonyl (C=O) groups is 1. The molecule has 8 nitrogen and oxygen atoms in total. The minimum Gasteiger partial charge on any atom is -0.493 e. The molecule has 0 saturated heterocycles. The van der Waals surface area contributed by atoms with E-state index in [9.17, 15) is 9.59 Å². The van der Waals surface area contributed by atoms with E-state index in [0.29, 0.717) is 40.3 Å². The maximum atomic E-state index is 13.3. The number of aryl methyl sites for hydroxylation is 1. The Morgan fingerprint density at radius 1 is 1.09 bits per heavy atom. The van der Waals surface area contributed by atoms with Crippen molar-refractivity contribution < 1.29 is 14.3 Å². The third-order valence-corrected chi connectivity index (χ3v) is 5.61. The van der Waals surface area contributed by atoms with Crippen molar-refractivity contribution in [3.63, 3.8) is 0 Å². The van der Waals surface area contributed by atoms with Gasteiger partial charge in [0.15, 0.2) is 11.5 Å². The molecule has 0 atom stereocenters. The Labute approximate surface area is 191 Å². The van der Waals surface area contributed by atoms with Crippen molar-refractivity contribution in [2.24, 2.45) is 0 Å². The number of H-pyrrole nitrogens is 1. The summed E-state index contributed by atoms with van der Waals surface area (Å²) in [6.45, 7) is 4.53. The second kappa shape index (κ2) is 9.20. The average Bonchev–Trinajstić information content (AvgIpc) is 3.36. The lowest BCUT2D eigenvalue weighted by Crippen LogP contribution is -2.32. The number of hydrogen-bond donors (Lipinski definition) is 1. The third kappa shape index (κ3) is 4.32. The van der Waals surface area contributed by atoms with Crippen LogP contribution < -0.4 is 15.0 Å². The molecule has 0 unspecified atom stereocenters. The van der Waals surface area contributed by atoms with Crippen LogP contribution in [0.5, 0.6) is 11.5 Å². The average molecular weight is 447 g/mol. The number of ether oxygens (including phenoxy) is 2. The molecule has 0 bridgehead atoms. The Hall–Kier alpha value is -4.07. The van der Waals surface area contributed by atoms with E-state index < -0.39 is 0 Å². The van der Waals surface area contributed by atoms with Crippen molar-refractivity contribution in [1.82, 2.24) is 19.4 Å². The number of nitrogens with zero attached hydrogens (tertiary/aromatic N) is 3. The molecular formula is C25H26N4O4. The summed E-state index contributed by atoms with van der Waals surface area (Å²) in [7, 11) is 3.04. The SMILES string of the molecule is CCN(Cc1nc2cc(OC)c(OC)cc2c(=O)[nH]1)C(=O)c1ccc(C)c(-n2cccc2)c1. The van der Waals surface area contributed by atoms with Gasteiger partial charge in [-0.05, 0) is 49.7 Å². The number of nitrogens with one attached hydrogen (secondary N) is 1. The predicted molar refractivity (Wildman–Crippen MR) is 126 cm³/mol. The van der Waals surface area contributed by atoms with Crippen molar-refractivity contribution in [1.29, 1.82) is 0 Å². The number of rotatable bonds is 7. The molecule has 2 aromatic carbocycles. The molecule has 4 rings (SSSR count). The molecule has 170 valence electrons. The standard InChI is InChI=1S/C25H26N4O4/c1-5-28(25(31)17-9-8-16(2)20(12-17)29-10-6-7-11-29)15-23-26-19-14-22(33-4)21(32-3)13-18(19)24(30)27-23/h6-14H,5,15H2,1-4H3,(H,26,27,30). The number of hydrogen-bond acceptors (Lipinski definition) is 5. The quantitative estimate of drug-likeness (QED) is 0.468. The Morgan fingerprint density at radius 2 is 1.79 bits per heavy atom. The Bertz CT molecular complexity index is 1360. The summed E-state index contributed by atoms with van der Waals surface area (Å²) < 4.78 is 12.6. The van der Waals surface area contributed by atoms with Crippen LogP contribution >= 0.6 is 0 Å². The van der Waals surface area contributed by atoms with E-state index in [-0.39, 0.29) is 18.0 Å². The van der Waals surface area contributed by atoms with Gasteiger partial charge in [0.1, 0.15) is 5.82 Å². The lowest BCUT2D eigenvalue weighted by molar-refractivity contribution is 0.0748. The van der Waals surface area contributed by atoms with E-state index in [1.54, 1.807) is 17.0 Å². The van der Waals surface area contributed by atoms with Crippen molar-refractivity contribution in [2.45, 2.75) is 20.4 Å². The van der Waals surface area contributed by atoms with Crippen LogP contribution in [0.25, 0.3) is 16.6 Å². The van der Waals surface area contributed by atoms with Crippen LogP contribution in [0.3, 0.4) is 0 Å². The Kier molecular flexibility index (Phi) is 6.17. The highest BCUT2D eigenvalue weighted by Gasteiger charge is 2.18. The summed E-state index contributed by atoms with van der Waals surface area (Å²) in [5, 5.41) is 0.390. The van der Waals surface area contributed by atoms with Crippen LogP contribution in [0.2, 0.25) is 0 Å². The van der Waals surface area contributed by atoms with Crippen LogP contribution in [0.4, 0.5) is 0 Å². The molecule has 8 heteroatoms. The van der Waals surface area contributed by atoms with Gasteiger partial charge in [-0.3, -0.25) is 9.59 Å². The van der Waals surface area contributed by atoms with Gasteiger partial charge in [-0.25, -0.2) is 4.98 Å². The Morgan fingerprint density at radius 3 is 2.45 bits per heavy atom. The number of fused-ring (bicyclic) bond motifs is 1. The molecule has 0 aliphatic heterocycles. The van der Waals surface area contributed by atoms with Crippen molar-refractivity contribution in [3.05, 3.63) is 82.2 Å². The normalized spacial score (nSPS) is 10.9. The number of benzene rings is 2. The van der Waals surface area contributed by atoms with Gasteiger partial charge in [0.2, 0.25) is 0 Å². The fraction of sp³-hybridized carbons (Fsp3) is 0.240. The van der Waals surface area contributed by atoms with Gasteiger partial charge in [-0.2, -0.15) is 0 Å². The van der Waals surface area contributed by atoms with E-state index in [4.69, 9.17) is 9.47 Å². The van der Waals surface area contributed by atoms with E-state index >= 15 is 0 Å². The summed E-state index contributed by atoms with van der Waals surface area (Å²) in [6, 6.07) is 12.8. The second-order valence-corrected chi connectivity index (χ2v) is 7.65. The first-order valence-electron chi connectivity index (χ1n) is 10.6. The van der Waals surface area contributed by atoms with Gasteiger partial charge >= 0.3 is 0 Å². The van der Waals surface area contributed by atoms with E-state index in [0.717, 1.165) is 11.3 Å². The fourth-order valence-corrected chi connectivity index (χ4v) is 3.80. The zero-order valence-corrected chi connectivity index (χ0v) is 19.1. The van der Waals surface area contributed by atoms with Gasteiger partial charge in [0.25, 0.3) is 11.5 Å². The summed E-state index contributed by atoms with van der Waals surface area (Å²) in [5.74, 6) is 1.19. The number of amides is 1. The third-order valence-electron chi connectivity index (χ3n) is 5.61. The molecule has 0 spiro atoms. The van der Waals surface area contributed by atoms with E-state index in [1.807, 2.05) is 61.1 Å². The van der Waals surface area contributed by atoms with Crippen LogP contribution in [0.1, 0.15) is 28.7 Å². The maximum absolute atomic E-state index is 13.3. The summed E-state index contributed by atoms with van der Waals surface area (Å²) in [6.07, 6.45) is 3.89. The first-order valence-corrected chi connectivity index (χ1v) is 10.6. The largest absolute Gasteiger partial charge is 0.493 e. The topological polar surface area (TPSA) is 89.5 Å². The lowest BCUT2D eigenvalue weighted by Gasteiger charge is -2.21.